The molecule has 1 aliphatic rings. The van der Waals surface area contributed by atoms with E-state index in [1.165, 1.54) is 5.56 Å². The molecule has 0 atom stereocenters. The van der Waals surface area contributed by atoms with Crippen LogP contribution in [0.4, 0.5) is 0 Å². The van der Waals surface area contributed by atoms with Crippen molar-refractivity contribution in [3.05, 3.63) is 113 Å². The number of amides is 1. The van der Waals surface area contributed by atoms with Crippen LogP contribution < -0.4 is 4.74 Å². The zero-order chi connectivity index (χ0) is 29.3. The largest absolute Gasteiger partial charge is 0.488 e. The minimum Gasteiger partial charge on any atom is -0.488 e. The minimum atomic E-state index is -0.758. The number of piperidine rings is 1. The molecule has 1 saturated heterocycles. The van der Waals surface area contributed by atoms with Gasteiger partial charge in [0.05, 0.1) is 0 Å². The van der Waals surface area contributed by atoms with Crippen LogP contribution in [0.5, 0.6) is 5.75 Å². The number of hydrogen-bond donors (Lipinski definition) is 1. The third-order valence-electron chi connectivity index (χ3n) is 8.06. The van der Waals surface area contributed by atoms with Gasteiger partial charge in [-0.25, -0.2) is 0 Å². The summed E-state index contributed by atoms with van der Waals surface area (Å²) in [5.74, 6) is 0.304. The van der Waals surface area contributed by atoms with Crippen molar-refractivity contribution in [2.75, 3.05) is 6.54 Å². The molecule has 0 aromatic heterocycles. The van der Waals surface area contributed by atoms with Crippen molar-refractivity contribution >= 4 is 11.9 Å². The molecule has 0 saturated carbocycles. The van der Waals surface area contributed by atoms with E-state index in [1.54, 1.807) is 0 Å². The van der Waals surface area contributed by atoms with Crippen LogP contribution in [0.15, 0.2) is 91.0 Å². The van der Waals surface area contributed by atoms with E-state index in [9.17, 15) is 9.59 Å². The summed E-state index contributed by atoms with van der Waals surface area (Å²) in [4.78, 5) is 25.7. The third kappa shape index (κ3) is 7.09. The minimum absolute atomic E-state index is 0.179. The first kappa shape index (κ1) is 29.1. The van der Waals surface area contributed by atoms with Crippen LogP contribution in [0.2, 0.25) is 0 Å². The maximum atomic E-state index is 12.7. The lowest BCUT2D eigenvalue weighted by Crippen LogP contribution is -2.34. The van der Waals surface area contributed by atoms with Gasteiger partial charge in [0.2, 0.25) is 5.91 Å². The second-order valence-corrected chi connectivity index (χ2v) is 11.0. The van der Waals surface area contributed by atoms with E-state index >= 15 is 0 Å². The molecule has 0 unspecified atom stereocenters. The lowest BCUT2D eigenvalue weighted by Gasteiger charge is -2.28. The monoisotopic (exact) mass is 561 g/mol. The van der Waals surface area contributed by atoms with E-state index in [0.29, 0.717) is 26.0 Å². The van der Waals surface area contributed by atoms with Crippen molar-refractivity contribution in [3.8, 4) is 28.0 Å². The summed E-state index contributed by atoms with van der Waals surface area (Å²) in [5.41, 5.74) is 9.02. The number of carboxylic acid groups (broad SMARTS) is 1. The van der Waals surface area contributed by atoms with Crippen LogP contribution >= 0.6 is 0 Å². The predicted molar refractivity (Wildman–Crippen MR) is 167 cm³/mol. The molecule has 1 aliphatic heterocycles. The molecule has 1 amide bonds. The highest BCUT2D eigenvalue weighted by Crippen LogP contribution is 2.42. The lowest BCUT2D eigenvalue weighted by atomic mass is 9.87. The van der Waals surface area contributed by atoms with E-state index in [0.717, 1.165) is 76.9 Å². The number of aliphatic carboxylic acids is 1. The average molecular weight is 562 g/mol. The second-order valence-electron chi connectivity index (χ2n) is 11.0. The molecule has 1 fully saturated rings. The number of aryl methyl sites for hydroxylation is 1. The molecule has 216 valence electrons. The Morgan fingerprint density at radius 1 is 0.857 bits per heavy atom. The van der Waals surface area contributed by atoms with Crippen LogP contribution in [-0.2, 0) is 35.6 Å². The maximum Gasteiger partial charge on any atom is 0.303 e. The summed E-state index contributed by atoms with van der Waals surface area (Å²) in [5, 5.41) is 8.98. The summed E-state index contributed by atoms with van der Waals surface area (Å²) in [6.45, 7) is 4.03. The molecule has 5 heteroatoms. The second kappa shape index (κ2) is 14.0. The van der Waals surface area contributed by atoms with Crippen molar-refractivity contribution in [3.63, 3.8) is 0 Å². The Labute approximate surface area is 248 Å². The number of carbonyl (C=O) groups is 2. The predicted octanol–water partition coefficient (Wildman–Crippen LogP) is 8.08. The van der Waals surface area contributed by atoms with E-state index in [1.807, 2.05) is 23.1 Å². The van der Waals surface area contributed by atoms with Gasteiger partial charge in [0.1, 0.15) is 12.4 Å². The number of likely N-dealkylation sites (tertiary alicyclic amines) is 1. The van der Waals surface area contributed by atoms with Crippen molar-refractivity contribution in [2.45, 2.75) is 65.0 Å². The fourth-order valence-corrected chi connectivity index (χ4v) is 5.85. The van der Waals surface area contributed by atoms with Crippen LogP contribution in [0.3, 0.4) is 0 Å². The van der Waals surface area contributed by atoms with Gasteiger partial charge in [0.15, 0.2) is 0 Å². The lowest BCUT2D eigenvalue weighted by molar-refractivity contribution is -0.137. The zero-order valence-corrected chi connectivity index (χ0v) is 24.4. The molecule has 0 spiro atoms. The number of carboxylic acids is 1. The summed E-state index contributed by atoms with van der Waals surface area (Å²) in [6, 6.07) is 31.3. The van der Waals surface area contributed by atoms with Crippen molar-refractivity contribution < 1.29 is 19.4 Å². The van der Waals surface area contributed by atoms with Crippen LogP contribution in [0.1, 0.15) is 61.3 Å². The molecular formula is C37H39NO4. The number of ether oxygens (including phenoxy) is 1. The van der Waals surface area contributed by atoms with Gasteiger partial charge in [-0.2, -0.15) is 0 Å². The van der Waals surface area contributed by atoms with Crippen molar-refractivity contribution in [1.29, 1.82) is 0 Å². The molecule has 1 heterocycles. The Bertz CT molecular complexity index is 1510. The molecular weight excluding hydrogens is 522 g/mol. The Hall–Kier alpha value is -4.38. The van der Waals surface area contributed by atoms with Gasteiger partial charge in [0.25, 0.3) is 0 Å². The highest BCUT2D eigenvalue weighted by Gasteiger charge is 2.23. The number of benzene rings is 4. The Kier molecular flexibility index (Phi) is 9.70. The summed E-state index contributed by atoms with van der Waals surface area (Å²) in [7, 11) is 0. The topological polar surface area (TPSA) is 66.8 Å². The number of carbonyl (C=O) groups excluding carboxylic acids is 1. The van der Waals surface area contributed by atoms with Crippen molar-refractivity contribution in [2.24, 2.45) is 0 Å². The third-order valence-corrected chi connectivity index (χ3v) is 8.06. The quantitative estimate of drug-likeness (QED) is 0.190. The normalized spacial score (nSPS) is 13.3. The summed E-state index contributed by atoms with van der Waals surface area (Å²) in [6.07, 6.45) is 4.99. The maximum absolute atomic E-state index is 12.7. The van der Waals surface area contributed by atoms with Gasteiger partial charge in [-0.15, -0.1) is 0 Å². The van der Waals surface area contributed by atoms with Crippen LogP contribution in [0, 0.1) is 0 Å². The fraction of sp³-hybridized carbons (Fsp3) is 0.297. The van der Waals surface area contributed by atoms with E-state index in [2.05, 4.69) is 79.7 Å². The SMILES string of the molecule is CCc1c(-c2ccc(CCCC(=O)O)cc2)ccc(OCc2ccccc2)c1-c1ccccc1CN1CCCCC1=O. The number of hydrogen-bond acceptors (Lipinski definition) is 3. The highest BCUT2D eigenvalue weighted by atomic mass is 16.5. The van der Waals surface area contributed by atoms with Gasteiger partial charge < -0.3 is 14.7 Å². The molecule has 5 nitrogen and oxygen atoms in total. The molecule has 5 rings (SSSR count). The summed E-state index contributed by atoms with van der Waals surface area (Å²) >= 11 is 0. The first-order valence-electron chi connectivity index (χ1n) is 15.0. The highest BCUT2D eigenvalue weighted by molar-refractivity contribution is 5.85. The standard InChI is InChI=1S/C37H39NO4/c1-2-31-32(29-20-18-27(19-21-29)13-10-17-36(40)41)22-23-34(42-26-28-11-4-3-5-12-28)37(31)33-15-7-6-14-30(33)25-38-24-9-8-16-35(38)39/h3-7,11-12,14-15,18-23H,2,8-10,13,16-17,24-26H2,1H3,(H,40,41). The Morgan fingerprint density at radius 2 is 1.62 bits per heavy atom. The van der Waals surface area contributed by atoms with Crippen molar-refractivity contribution in [1.82, 2.24) is 4.90 Å². The molecule has 1 N–H and O–H groups in total. The molecule has 42 heavy (non-hydrogen) atoms. The van der Waals surface area contributed by atoms with E-state index in [-0.39, 0.29) is 12.3 Å². The van der Waals surface area contributed by atoms with Gasteiger partial charge in [-0.05, 0) is 77.1 Å². The van der Waals surface area contributed by atoms with Gasteiger partial charge in [-0.3, -0.25) is 9.59 Å². The van der Waals surface area contributed by atoms with Crippen LogP contribution in [-0.4, -0.2) is 28.4 Å². The first-order valence-corrected chi connectivity index (χ1v) is 15.0. The zero-order valence-electron chi connectivity index (χ0n) is 24.4. The van der Waals surface area contributed by atoms with Gasteiger partial charge in [0, 0.05) is 31.5 Å². The molecule has 0 bridgehead atoms. The molecule has 0 aliphatic carbocycles. The number of nitrogens with zero attached hydrogens (tertiary/aromatic N) is 1. The smallest absolute Gasteiger partial charge is 0.303 e. The summed E-state index contributed by atoms with van der Waals surface area (Å²) < 4.78 is 6.53. The van der Waals surface area contributed by atoms with Crippen LogP contribution in [0.25, 0.3) is 22.3 Å². The number of rotatable bonds is 12. The van der Waals surface area contributed by atoms with Gasteiger partial charge in [-0.1, -0.05) is 91.9 Å². The Balaban J connectivity index is 1.55. The van der Waals surface area contributed by atoms with E-state index < -0.39 is 5.97 Å². The van der Waals surface area contributed by atoms with E-state index in [4.69, 9.17) is 9.84 Å². The molecule has 0 radical (unpaired) electrons. The first-order chi connectivity index (χ1) is 20.5. The average Bonchev–Trinajstić information content (AvgIpc) is 3.02. The molecule has 4 aromatic carbocycles. The fourth-order valence-electron chi connectivity index (χ4n) is 5.85. The van der Waals surface area contributed by atoms with Gasteiger partial charge >= 0.3 is 5.97 Å². The Morgan fingerprint density at radius 3 is 2.36 bits per heavy atom. The molecule has 4 aromatic rings.